The number of aromatic nitrogens is 2. The fraction of sp³-hybridized carbons (Fsp3) is 0.667. The van der Waals surface area contributed by atoms with Crippen LogP contribution in [0.15, 0.2) is 12.4 Å². The Morgan fingerprint density at radius 2 is 2.04 bits per heavy atom. The molecule has 2 rings (SSSR count). The molecule has 2 atom stereocenters. The van der Waals surface area contributed by atoms with Crippen molar-refractivity contribution in [3.63, 3.8) is 0 Å². The van der Waals surface area contributed by atoms with Crippen LogP contribution in [0.25, 0.3) is 0 Å². The van der Waals surface area contributed by atoms with E-state index in [9.17, 15) is 26.7 Å². The van der Waals surface area contributed by atoms with Gasteiger partial charge in [0.2, 0.25) is 17.7 Å². The van der Waals surface area contributed by atoms with Crippen LogP contribution in [0.5, 0.6) is 5.88 Å². The molecule has 5 nitrogen and oxygen atoms in total. The molecule has 0 radical (unpaired) electrons. The Morgan fingerprint density at radius 1 is 1.36 bits per heavy atom. The molecule has 1 N–H and O–H groups in total. The average molecular weight is 367 g/mol. The van der Waals surface area contributed by atoms with Crippen LogP contribution in [0.4, 0.5) is 22.0 Å². The number of nitrogens with one attached hydrogen (secondary N) is 1. The second kappa shape index (κ2) is 6.72. The molecule has 0 bridgehead atoms. The molecule has 1 aliphatic carbocycles. The Hall–Kier alpha value is -2.00. The molecule has 0 aromatic carbocycles. The highest BCUT2D eigenvalue weighted by Crippen LogP contribution is 2.47. The average Bonchev–Trinajstić information content (AvgIpc) is 2.79. The molecule has 0 spiro atoms. The minimum Gasteiger partial charge on any atom is -0.465 e. The molecule has 140 valence electrons. The Morgan fingerprint density at radius 3 is 2.60 bits per heavy atom. The number of amides is 1. The highest BCUT2D eigenvalue weighted by Gasteiger charge is 2.50. The van der Waals surface area contributed by atoms with E-state index in [0.29, 0.717) is 0 Å². The first-order valence-electron chi connectivity index (χ1n) is 7.62. The van der Waals surface area contributed by atoms with E-state index in [-0.39, 0.29) is 31.0 Å². The molecule has 1 aliphatic rings. The van der Waals surface area contributed by atoms with E-state index in [1.807, 2.05) is 0 Å². The van der Waals surface area contributed by atoms with Gasteiger partial charge >= 0.3 is 6.18 Å². The van der Waals surface area contributed by atoms with Crippen LogP contribution in [0, 0.1) is 5.41 Å². The summed E-state index contributed by atoms with van der Waals surface area (Å²) in [5, 5.41) is 2.49. The van der Waals surface area contributed by atoms with Crippen molar-refractivity contribution in [3.05, 3.63) is 18.1 Å². The maximum absolute atomic E-state index is 13.3. The van der Waals surface area contributed by atoms with Crippen molar-refractivity contribution < 1.29 is 31.5 Å². The van der Waals surface area contributed by atoms with Crippen LogP contribution >= 0.6 is 0 Å². The zero-order chi connectivity index (χ0) is 18.9. The van der Waals surface area contributed by atoms with Crippen molar-refractivity contribution in [1.29, 1.82) is 0 Å². The van der Waals surface area contributed by atoms with Gasteiger partial charge in [-0.2, -0.15) is 13.2 Å². The van der Waals surface area contributed by atoms with E-state index >= 15 is 0 Å². The summed E-state index contributed by atoms with van der Waals surface area (Å²) in [5.74, 6) is -3.70. The van der Waals surface area contributed by atoms with Crippen LogP contribution in [0.2, 0.25) is 0 Å². The summed E-state index contributed by atoms with van der Waals surface area (Å²) in [7, 11) is 0. The van der Waals surface area contributed by atoms with Crippen molar-refractivity contribution in [2.75, 3.05) is 0 Å². The molecule has 1 saturated carbocycles. The van der Waals surface area contributed by atoms with Crippen molar-refractivity contribution in [2.24, 2.45) is 5.41 Å². The normalized spacial score (nSPS) is 24.0. The van der Waals surface area contributed by atoms with Gasteiger partial charge in [0, 0.05) is 18.9 Å². The largest absolute Gasteiger partial charge is 0.465 e. The van der Waals surface area contributed by atoms with Gasteiger partial charge in [-0.1, -0.05) is 6.92 Å². The summed E-state index contributed by atoms with van der Waals surface area (Å²) >= 11 is 0. The third-order valence-electron chi connectivity index (χ3n) is 4.13. The quantitative estimate of drug-likeness (QED) is 0.812. The minimum absolute atomic E-state index is 0.0626. The summed E-state index contributed by atoms with van der Waals surface area (Å²) in [4.78, 5) is 19.6. The summed E-state index contributed by atoms with van der Waals surface area (Å²) in [6.07, 6.45) is -6.41. The van der Waals surface area contributed by atoms with Crippen LogP contribution in [0.1, 0.15) is 38.8 Å². The molecule has 1 aromatic heterocycles. The number of hydrogen-bond acceptors (Lipinski definition) is 4. The number of halogens is 5. The van der Waals surface area contributed by atoms with Crippen LogP contribution in [-0.2, 0) is 11.3 Å². The van der Waals surface area contributed by atoms with Gasteiger partial charge in [-0.25, -0.2) is 18.7 Å². The Bertz CT molecular complexity index is 638. The molecule has 0 aliphatic heterocycles. The van der Waals surface area contributed by atoms with Gasteiger partial charge in [0.1, 0.15) is 6.33 Å². The van der Waals surface area contributed by atoms with Gasteiger partial charge in [-0.15, -0.1) is 0 Å². The van der Waals surface area contributed by atoms with Crippen molar-refractivity contribution in [1.82, 2.24) is 15.3 Å². The molecule has 25 heavy (non-hydrogen) atoms. The number of rotatable bonds is 5. The molecule has 10 heteroatoms. The van der Waals surface area contributed by atoms with Gasteiger partial charge in [-0.3, -0.25) is 4.79 Å². The molecular formula is C15H18F5N3O2. The van der Waals surface area contributed by atoms with E-state index in [2.05, 4.69) is 20.0 Å². The number of alkyl halides is 5. The molecule has 1 fully saturated rings. The lowest BCUT2D eigenvalue weighted by Gasteiger charge is -2.22. The second-order valence-corrected chi connectivity index (χ2v) is 6.43. The number of ether oxygens (including phenoxy) is 1. The van der Waals surface area contributed by atoms with Gasteiger partial charge in [-0.05, 0) is 13.3 Å². The summed E-state index contributed by atoms with van der Waals surface area (Å²) in [6.45, 7) is 2.17. The summed E-state index contributed by atoms with van der Waals surface area (Å²) < 4.78 is 68.8. The van der Waals surface area contributed by atoms with Gasteiger partial charge in [0.25, 0.3) is 0 Å². The predicted molar refractivity (Wildman–Crippen MR) is 76.9 cm³/mol. The van der Waals surface area contributed by atoms with Crippen LogP contribution < -0.4 is 10.1 Å². The third-order valence-corrected chi connectivity index (χ3v) is 4.13. The van der Waals surface area contributed by atoms with Crippen LogP contribution in [-0.4, -0.2) is 34.1 Å². The predicted octanol–water partition coefficient (Wildman–Crippen LogP) is 3.25. The number of nitrogens with zero attached hydrogens (tertiary/aromatic N) is 2. The first-order chi connectivity index (χ1) is 11.4. The first kappa shape index (κ1) is 19.3. The maximum atomic E-state index is 13.3. The second-order valence-electron chi connectivity index (χ2n) is 6.43. The standard InChI is InChI=1S/C15H18F5N3O2/c1-9(15(18,19)20)25-11-5-10(22-8-23-11)6-21-12(24)13(2)3-4-14(16,17)7-13/h5,8-9H,3-4,6-7H2,1-2H3,(H,21,24)/t9-,13?/m1/s1. The molecule has 1 amide bonds. The van der Waals surface area contributed by atoms with E-state index in [4.69, 9.17) is 0 Å². The summed E-state index contributed by atoms with van der Waals surface area (Å²) in [6, 6.07) is 1.16. The minimum atomic E-state index is -4.54. The number of hydrogen-bond donors (Lipinski definition) is 1. The zero-order valence-corrected chi connectivity index (χ0v) is 13.7. The maximum Gasteiger partial charge on any atom is 0.425 e. The molecule has 1 heterocycles. The fourth-order valence-electron chi connectivity index (χ4n) is 2.57. The van der Waals surface area contributed by atoms with E-state index in [0.717, 1.165) is 19.3 Å². The first-order valence-corrected chi connectivity index (χ1v) is 7.62. The number of carbonyl (C=O) groups excluding carboxylic acids is 1. The smallest absolute Gasteiger partial charge is 0.425 e. The molecule has 1 aromatic rings. The van der Waals surface area contributed by atoms with Crippen molar-refractivity contribution in [3.8, 4) is 5.88 Å². The lowest BCUT2D eigenvalue weighted by Crippen LogP contribution is -2.38. The fourth-order valence-corrected chi connectivity index (χ4v) is 2.57. The Kier molecular flexibility index (Phi) is 5.19. The Labute approximate surface area is 141 Å². The number of carbonyl (C=O) groups is 1. The highest BCUT2D eigenvalue weighted by atomic mass is 19.4. The third kappa shape index (κ3) is 4.99. The lowest BCUT2D eigenvalue weighted by molar-refractivity contribution is -0.190. The topological polar surface area (TPSA) is 64.1 Å². The SMILES string of the molecule is C[C@@H](Oc1cc(CNC(=O)C2(C)CCC(F)(F)C2)ncn1)C(F)(F)F. The van der Waals surface area contributed by atoms with Gasteiger partial charge in [0.15, 0.2) is 6.10 Å². The Balaban J connectivity index is 1.95. The van der Waals surface area contributed by atoms with Gasteiger partial charge in [0.05, 0.1) is 17.7 Å². The van der Waals surface area contributed by atoms with E-state index in [1.54, 1.807) is 0 Å². The van der Waals surface area contributed by atoms with Crippen LogP contribution in [0.3, 0.4) is 0 Å². The highest BCUT2D eigenvalue weighted by molar-refractivity contribution is 5.82. The van der Waals surface area contributed by atoms with Crippen molar-refractivity contribution >= 4 is 5.91 Å². The monoisotopic (exact) mass is 367 g/mol. The molecule has 0 saturated heterocycles. The van der Waals surface area contributed by atoms with E-state index < -0.39 is 35.9 Å². The van der Waals surface area contributed by atoms with Crippen molar-refractivity contribution in [2.45, 2.75) is 57.9 Å². The summed E-state index contributed by atoms with van der Waals surface area (Å²) in [5.41, 5.74) is -0.971. The lowest BCUT2D eigenvalue weighted by atomic mass is 9.87. The van der Waals surface area contributed by atoms with Gasteiger partial charge < -0.3 is 10.1 Å². The molecular weight excluding hydrogens is 349 g/mol. The zero-order valence-electron chi connectivity index (χ0n) is 13.7. The molecule has 1 unspecified atom stereocenters. The van der Waals surface area contributed by atoms with E-state index in [1.165, 1.54) is 6.92 Å².